The predicted molar refractivity (Wildman–Crippen MR) is 76.3 cm³/mol. The number of nitrogens with zero attached hydrogens (tertiary/aromatic N) is 2. The molecule has 0 aliphatic carbocycles. The highest BCUT2D eigenvalue weighted by Crippen LogP contribution is 2.27. The predicted octanol–water partition coefficient (Wildman–Crippen LogP) is 2.06. The number of carbonyl (C=O) groups is 1. The van der Waals surface area contributed by atoms with E-state index in [-0.39, 0.29) is 5.56 Å². The fourth-order valence-corrected chi connectivity index (χ4v) is 1.61. The maximum Gasteiger partial charge on any atom is 0.311 e. The van der Waals surface area contributed by atoms with Crippen molar-refractivity contribution in [2.24, 2.45) is 5.10 Å². The van der Waals surface area contributed by atoms with E-state index in [0.717, 1.165) is 6.21 Å². The van der Waals surface area contributed by atoms with Gasteiger partial charge < -0.3 is 5.11 Å². The first kappa shape index (κ1) is 14.2. The lowest BCUT2D eigenvalue weighted by molar-refractivity contribution is -0.385. The topological polar surface area (TPSA) is 105 Å². The van der Waals surface area contributed by atoms with Crippen LogP contribution in [-0.4, -0.2) is 22.2 Å². The molecule has 21 heavy (non-hydrogen) atoms. The molecule has 0 atom stereocenters. The Balaban J connectivity index is 2.10. The molecule has 7 nitrogen and oxygen atoms in total. The zero-order chi connectivity index (χ0) is 15.2. The molecule has 0 bridgehead atoms. The molecular weight excluding hydrogens is 274 g/mol. The van der Waals surface area contributed by atoms with Crippen molar-refractivity contribution in [2.45, 2.75) is 0 Å². The first-order chi connectivity index (χ1) is 10.1. The van der Waals surface area contributed by atoms with Crippen molar-refractivity contribution in [3.05, 3.63) is 69.8 Å². The molecule has 2 N–H and O–H groups in total. The molecule has 2 aromatic rings. The quantitative estimate of drug-likeness (QED) is 0.509. The minimum atomic E-state index is -0.699. The molecule has 0 saturated heterocycles. The summed E-state index contributed by atoms with van der Waals surface area (Å²) in [7, 11) is 0. The highest BCUT2D eigenvalue weighted by molar-refractivity contribution is 5.95. The van der Waals surface area contributed by atoms with Crippen molar-refractivity contribution in [1.82, 2.24) is 5.43 Å². The first-order valence-electron chi connectivity index (χ1n) is 5.94. The SMILES string of the molecule is O=C(N/N=C/c1cccc([N+](=O)[O-])c1O)c1ccccc1. The molecule has 0 saturated carbocycles. The Hall–Kier alpha value is -3.22. The Morgan fingerprint density at radius 1 is 1.19 bits per heavy atom. The van der Waals surface area contributed by atoms with Gasteiger partial charge in [0.2, 0.25) is 5.75 Å². The molecule has 2 rings (SSSR count). The van der Waals surface area contributed by atoms with Gasteiger partial charge in [0.1, 0.15) is 0 Å². The van der Waals surface area contributed by atoms with Crippen molar-refractivity contribution in [1.29, 1.82) is 0 Å². The highest BCUT2D eigenvalue weighted by atomic mass is 16.6. The van der Waals surface area contributed by atoms with Crippen LogP contribution in [0.25, 0.3) is 0 Å². The van der Waals surface area contributed by atoms with E-state index in [1.807, 2.05) is 0 Å². The smallest absolute Gasteiger partial charge is 0.311 e. The van der Waals surface area contributed by atoms with Crippen molar-refractivity contribution in [2.75, 3.05) is 0 Å². The summed E-state index contributed by atoms with van der Waals surface area (Å²) < 4.78 is 0. The van der Waals surface area contributed by atoms with E-state index < -0.39 is 22.3 Å². The Morgan fingerprint density at radius 2 is 1.90 bits per heavy atom. The zero-order valence-electron chi connectivity index (χ0n) is 10.8. The third-order valence-electron chi connectivity index (χ3n) is 2.65. The number of carbonyl (C=O) groups excluding carboxylic acids is 1. The van der Waals surface area contributed by atoms with Crippen molar-refractivity contribution >= 4 is 17.8 Å². The second-order valence-corrected chi connectivity index (χ2v) is 4.04. The number of nitro groups is 1. The number of hydrazone groups is 1. The number of nitrogens with one attached hydrogen (secondary N) is 1. The normalized spacial score (nSPS) is 10.5. The molecule has 0 spiro atoms. The number of aromatic hydroxyl groups is 1. The average molecular weight is 285 g/mol. The lowest BCUT2D eigenvalue weighted by Crippen LogP contribution is -2.17. The van der Waals surface area contributed by atoms with Gasteiger partial charge in [0, 0.05) is 17.2 Å². The van der Waals surface area contributed by atoms with Gasteiger partial charge >= 0.3 is 5.69 Å². The van der Waals surface area contributed by atoms with Gasteiger partial charge in [-0.1, -0.05) is 24.3 Å². The third kappa shape index (κ3) is 3.41. The van der Waals surface area contributed by atoms with Gasteiger partial charge in [0.05, 0.1) is 11.1 Å². The van der Waals surface area contributed by atoms with Crippen LogP contribution in [0.15, 0.2) is 53.6 Å². The summed E-state index contributed by atoms with van der Waals surface area (Å²) in [6.07, 6.45) is 1.14. The Kier molecular flexibility index (Phi) is 4.25. The number of hydrogen-bond donors (Lipinski definition) is 2. The van der Waals surface area contributed by atoms with Crippen molar-refractivity contribution in [3.8, 4) is 5.75 Å². The lowest BCUT2D eigenvalue weighted by Gasteiger charge is -2.01. The second kappa shape index (κ2) is 6.29. The number of phenolic OH excluding ortho intramolecular Hbond substituents is 1. The molecular formula is C14H11N3O4. The summed E-state index contributed by atoms with van der Waals surface area (Å²) in [5, 5.41) is 24.0. The number of amides is 1. The maximum absolute atomic E-state index is 11.7. The van der Waals surface area contributed by atoms with Gasteiger partial charge in [-0.3, -0.25) is 14.9 Å². The number of phenols is 1. The Labute approximate surface area is 119 Å². The van der Waals surface area contributed by atoms with E-state index in [9.17, 15) is 20.0 Å². The zero-order valence-corrected chi connectivity index (χ0v) is 10.8. The van der Waals surface area contributed by atoms with E-state index in [1.165, 1.54) is 18.2 Å². The minimum Gasteiger partial charge on any atom is -0.502 e. The number of nitro benzene ring substituents is 1. The number of benzene rings is 2. The average Bonchev–Trinajstić information content (AvgIpc) is 2.49. The van der Waals surface area contributed by atoms with Crippen LogP contribution in [0.1, 0.15) is 15.9 Å². The summed E-state index contributed by atoms with van der Waals surface area (Å²) in [5.74, 6) is -0.919. The molecule has 0 aromatic heterocycles. The van der Waals surface area contributed by atoms with Crippen LogP contribution in [0.2, 0.25) is 0 Å². The van der Waals surface area contributed by atoms with E-state index in [2.05, 4.69) is 10.5 Å². The van der Waals surface area contributed by atoms with Crippen LogP contribution in [0.4, 0.5) is 5.69 Å². The van der Waals surface area contributed by atoms with Crippen LogP contribution in [0, 0.1) is 10.1 Å². The Bertz CT molecular complexity index is 699. The largest absolute Gasteiger partial charge is 0.502 e. The van der Waals surface area contributed by atoms with Gasteiger partial charge in [-0.15, -0.1) is 0 Å². The van der Waals surface area contributed by atoms with E-state index >= 15 is 0 Å². The fraction of sp³-hybridized carbons (Fsp3) is 0. The molecule has 7 heteroatoms. The number of rotatable bonds is 4. The molecule has 0 aliphatic rings. The van der Waals surface area contributed by atoms with Crippen LogP contribution in [0.3, 0.4) is 0 Å². The van der Waals surface area contributed by atoms with Gasteiger partial charge in [0.15, 0.2) is 0 Å². The van der Waals surface area contributed by atoms with E-state index in [0.29, 0.717) is 5.56 Å². The third-order valence-corrected chi connectivity index (χ3v) is 2.65. The molecule has 0 unspecified atom stereocenters. The molecule has 1 amide bonds. The van der Waals surface area contributed by atoms with Crippen LogP contribution >= 0.6 is 0 Å². The lowest BCUT2D eigenvalue weighted by atomic mass is 10.2. The summed E-state index contributed by atoms with van der Waals surface area (Å²) in [4.78, 5) is 21.7. The molecule has 0 heterocycles. The van der Waals surface area contributed by atoms with E-state index in [4.69, 9.17) is 0 Å². The minimum absolute atomic E-state index is 0.137. The monoisotopic (exact) mass is 285 g/mol. The second-order valence-electron chi connectivity index (χ2n) is 4.04. The summed E-state index contributed by atoms with van der Waals surface area (Å²) in [6, 6.07) is 12.5. The molecule has 0 radical (unpaired) electrons. The van der Waals surface area contributed by atoms with Crippen LogP contribution < -0.4 is 5.43 Å². The van der Waals surface area contributed by atoms with Crippen LogP contribution in [-0.2, 0) is 0 Å². The summed E-state index contributed by atoms with van der Waals surface area (Å²) in [5.41, 5.74) is 2.42. The van der Waals surface area contributed by atoms with Gasteiger partial charge in [-0.25, -0.2) is 5.43 Å². The Morgan fingerprint density at radius 3 is 2.57 bits per heavy atom. The standard InChI is InChI=1S/C14H11N3O4/c18-13-11(7-4-8-12(13)17(20)21)9-15-16-14(19)10-5-2-1-3-6-10/h1-9,18H,(H,16,19)/b15-9+. The van der Waals surface area contributed by atoms with Gasteiger partial charge in [-0.05, 0) is 18.2 Å². The van der Waals surface area contributed by atoms with Crippen LogP contribution in [0.5, 0.6) is 5.75 Å². The number of hydrogen-bond acceptors (Lipinski definition) is 5. The highest BCUT2D eigenvalue weighted by Gasteiger charge is 2.15. The molecule has 0 aliphatic heterocycles. The molecule has 106 valence electrons. The van der Waals surface area contributed by atoms with Crippen molar-refractivity contribution < 1.29 is 14.8 Å². The first-order valence-corrected chi connectivity index (χ1v) is 5.94. The van der Waals surface area contributed by atoms with Gasteiger partial charge in [0.25, 0.3) is 5.91 Å². The van der Waals surface area contributed by atoms with E-state index in [1.54, 1.807) is 30.3 Å². The number of para-hydroxylation sites is 1. The van der Waals surface area contributed by atoms with Crippen molar-refractivity contribution in [3.63, 3.8) is 0 Å². The molecule has 2 aromatic carbocycles. The summed E-state index contributed by atoms with van der Waals surface area (Å²) >= 11 is 0. The fourth-order valence-electron chi connectivity index (χ4n) is 1.61. The summed E-state index contributed by atoms with van der Waals surface area (Å²) in [6.45, 7) is 0. The maximum atomic E-state index is 11.7. The molecule has 0 fully saturated rings. The van der Waals surface area contributed by atoms with Gasteiger partial charge in [-0.2, -0.15) is 5.10 Å².